The Kier molecular flexibility index (Phi) is 5.93. The molecule has 0 amide bonds. The maximum Gasteiger partial charge on any atom is 0.202 e. The summed E-state index contributed by atoms with van der Waals surface area (Å²) in [5.74, 6) is 1.01. The van der Waals surface area contributed by atoms with E-state index in [0.29, 0.717) is 0 Å². The molecule has 0 fully saturated rings. The number of hydrogen-bond donors (Lipinski definition) is 1. The molecule has 0 aromatic carbocycles. The molecule has 4 nitrogen and oxygen atoms in total. The molecule has 0 aliphatic rings. The van der Waals surface area contributed by atoms with E-state index in [1.165, 1.54) is 12.8 Å². The highest BCUT2D eigenvalue weighted by Crippen LogP contribution is 2.06. The minimum atomic E-state index is 0.987. The first-order valence-electron chi connectivity index (χ1n) is 6.13. The second-order valence-corrected chi connectivity index (χ2v) is 4.38. The van der Waals surface area contributed by atoms with Crippen LogP contribution in [0.3, 0.4) is 0 Å². The lowest BCUT2D eigenvalue weighted by molar-refractivity contribution is 0.405. The summed E-state index contributed by atoms with van der Waals surface area (Å²) in [6.45, 7) is 5.37. The normalized spacial score (nSPS) is 11.0. The number of hydrogen-bond acceptors (Lipinski definition) is 3. The average molecular weight is 224 g/mol. The summed E-state index contributed by atoms with van der Waals surface area (Å²) in [7, 11) is 4.20. The molecule has 0 atom stereocenters. The highest BCUT2D eigenvalue weighted by atomic mass is 15.2. The first kappa shape index (κ1) is 13.0. The van der Waals surface area contributed by atoms with Crippen molar-refractivity contribution in [2.45, 2.75) is 32.7 Å². The summed E-state index contributed by atoms with van der Waals surface area (Å²) in [4.78, 5) is 6.52. The van der Waals surface area contributed by atoms with Crippen LogP contribution in [-0.4, -0.2) is 41.6 Å². The molecule has 0 aliphatic heterocycles. The molecular weight excluding hydrogens is 200 g/mol. The monoisotopic (exact) mass is 224 g/mol. The summed E-state index contributed by atoms with van der Waals surface area (Å²) in [5, 5.41) is 3.38. The van der Waals surface area contributed by atoms with E-state index in [9.17, 15) is 0 Å². The lowest BCUT2D eigenvalue weighted by Crippen LogP contribution is -2.17. The first-order valence-corrected chi connectivity index (χ1v) is 6.13. The predicted octanol–water partition coefficient (Wildman–Crippen LogP) is 2.05. The third-order valence-electron chi connectivity index (χ3n) is 2.53. The molecule has 0 spiro atoms. The quantitative estimate of drug-likeness (QED) is 0.686. The third-order valence-corrected chi connectivity index (χ3v) is 2.53. The fourth-order valence-electron chi connectivity index (χ4n) is 1.58. The van der Waals surface area contributed by atoms with Crippen LogP contribution < -0.4 is 5.32 Å². The molecule has 16 heavy (non-hydrogen) atoms. The number of rotatable bonds is 8. The highest BCUT2D eigenvalue weighted by Gasteiger charge is 2.00. The number of aromatic nitrogens is 2. The van der Waals surface area contributed by atoms with Gasteiger partial charge >= 0.3 is 0 Å². The first-order chi connectivity index (χ1) is 7.74. The van der Waals surface area contributed by atoms with Crippen LogP contribution in [0.4, 0.5) is 5.95 Å². The van der Waals surface area contributed by atoms with Crippen LogP contribution in [0.25, 0.3) is 0 Å². The average Bonchev–Trinajstić information content (AvgIpc) is 2.69. The van der Waals surface area contributed by atoms with E-state index in [-0.39, 0.29) is 0 Å². The van der Waals surface area contributed by atoms with Gasteiger partial charge in [0, 0.05) is 25.5 Å². The zero-order chi connectivity index (χ0) is 11.8. The molecule has 0 saturated carbocycles. The summed E-state index contributed by atoms with van der Waals surface area (Å²) < 4.78 is 2.19. The van der Waals surface area contributed by atoms with Gasteiger partial charge in [-0.2, -0.15) is 0 Å². The topological polar surface area (TPSA) is 33.1 Å². The Labute approximate surface area is 98.7 Å². The van der Waals surface area contributed by atoms with Crippen molar-refractivity contribution in [1.29, 1.82) is 0 Å². The van der Waals surface area contributed by atoms with E-state index in [1.54, 1.807) is 0 Å². The molecule has 0 bridgehead atoms. The molecule has 1 rings (SSSR count). The van der Waals surface area contributed by atoms with Gasteiger partial charge in [0.05, 0.1) is 0 Å². The van der Waals surface area contributed by atoms with Gasteiger partial charge in [-0.25, -0.2) is 4.98 Å². The van der Waals surface area contributed by atoms with Gasteiger partial charge in [0.25, 0.3) is 0 Å². The van der Waals surface area contributed by atoms with E-state index in [4.69, 9.17) is 0 Å². The summed E-state index contributed by atoms with van der Waals surface area (Å²) >= 11 is 0. The van der Waals surface area contributed by atoms with Crippen molar-refractivity contribution in [1.82, 2.24) is 14.5 Å². The van der Waals surface area contributed by atoms with Gasteiger partial charge in [-0.1, -0.05) is 13.3 Å². The molecule has 0 aliphatic carbocycles. The van der Waals surface area contributed by atoms with Crippen molar-refractivity contribution < 1.29 is 0 Å². The Morgan fingerprint density at radius 1 is 1.38 bits per heavy atom. The Bertz CT molecular complexity index is 280. The minimum absolute atomic E-state index is 0.987. The molecule has 1 aromatic heterocycles. The second kappa shape index (κ2) is 7.28. The van der Waals surface area contributed by atoms with Crippen LogP contribution >= 0.6 is 0 Å². The molecule has 1 N–H and O–H groups in total. The van der Waals surface area contributed by atoms with Crippen molar-refractivity contribution in [3.8, 4) is 0 Å². The molecule has 0 saturated heterocycles. The molecule has 0 radical (unpaired) electrons. The van der Waals surface area contributed by atoms with E-state index in [1.807, 2.05) is 12.4 Å². The summed E-state index contributed by atoms with van der Waals surface area (Å²) in [6, 6.07) is 0. The van der Waals surface area contributed by atoms with Crippen molar-refractivity contribution in [3.05, 3.63) is 12.4 Å². The van der Waals surface area contributed by atoms with Gasteiger partial charge in [0.2, 0.25) is 5.95 Å². The van der Waals surface area contributed by atoms with Crippen LogP contribution in [0.5, 0.6) is 0 Å². The molecular formula is C12H24N4. The Balaban J connectivity index is 2.27. The lowest BCUT2D eigenvalue weighted by atomic mass is 10.3. The second-order valence-electron chi connectivity index (χ2n) is 4.38. The lowest BCUT2D eigenvalue weighted by Gasteiger charge is -2.11. The number of nitrogens with one attached hydrogen (secondary N) is 1. The van der Waals surface area contributed by atoms with Crippen molar-refractivity contribution >= 4 is 5.95 Å². The molecule has 92 valence electrons. The number of anilines is 1. The van der Waals surface area contributed by atoms with Crippen LogP contribution in [0.1, 0.15) is 26.2 Å². The van der Waals surface area contributed by atoms with Crippen LogP contribution in [0.2, 0.25) is 0 Å². The number of unbranched alkanes of at least 4 members (excludes halogenated alkanes) is 1. The van der Waals surface area contributed by atoms with Gasteiger partial charge in [0.15, 0.2) is 0 Å². The van der Waals surface area contributed by atoms with Crippen LogP contribution in [0.15, 0.2) is 12.4 Å². The van der Waals surface area contributed by atoms with Gasteiger partial charge in [-0.15, -0.1) is 0 Å². The van der Waals surface area contributed by atoms with Gasteiger partial charge in [0.1, 0.15) is 0 Å². The predicted molar refractivity (Wildman–Crippen MR) is 68.8 cm³/mol. The van der Waals surface area contributed by atoms with Crippen molar-refractivity contribution in [3.63, 3.8) is 0 Å². The Hall–Kier alpha value is -1.03. The third kappa shape index (κ3) is 4.66. The zero-order valence-corrected chi connectivity index (χ0v) is 10.7. The molecule has 1 aromatic rings. The summed E-state index contributed by atoms with van der Waals surface area (Å²) in [5.41, 5.74) is 0. The van der Waals surface area contributed by atoms with E-state index < -0.39 is 0 Å². The maximum atomic E-state index is 4.32. The smallest absolute Gasteiger partial charge is 0.202 e. The van der Waals surface area contributed by atoms with Crippen LogP contribution in [0, 0.1) is 0 Å². The fraction of sp³-hybridized carbons (Fsp3) is 0.750. The zero-order valence-electron chi connectivity index (χ0n) is 10.7. The number of aryl methyl sites for hydroxylation is 1. The fourth-order valence-corrected chi connectivity index (χ4v) is 1.58. The Morgan fingerprint density at radius 2 is 2.19 bits per heavy atom. The minimum Gasteiger partial charge on any atom is -0.356 e. The maximum absolute atomic E-state index is 4.32. The Morgan fingerprint density at radius 3 is 2.88 bits per heavy atom. The SMILES string of the molecule is CCCCn1ccnc1NCCCN(C)C. The number of imidazole rings is 1. The van der Waals surface area contributed by atoms with E-state index in [0.717, 1.165) is 32.0 Å². The van der Waals surface area contributed by atoms with Crippen LogP contribution in [-0.2, 0) is 6.54 Å². The molecule has 4 heteroatoms. The van der Waals surface area contributed by atoms with E-state index >= 15 is 0 Å². The van der Waals surface area contributed by atoms with Crippen molar-refractivity contribution in [2.24, 2.45) is 0 Å². The van der Waals surface area contributed by atoms with E-state index in [2.05, 4.69) is 40.8 Å². The largest absolute Gasteiger partial charge is 0.356 e. The summed E-state index contributed by atoms with van der Waals surface area (Å²) in [6.07, 6.45) is 7.49. The van der Waals surface area contributed by atoms with Gasteiger partial charge in [-0.05, 0) is 33.5 Å². The van der Waals surface area contributed by atoms with Crippen molar-refractivity contribution in [2.75, 3.05) is 32.5 Å². The molecule has 0 unspecified atom stereocenters. The molecule has 1 heterocycles. The highest BCUT2D eigenvalue weighted by molar-refractivity contribution is 5.25. The van der Waals surface area contributed by atoms with Gasteiger partial charge < -0.3 is 14.8 Å². The van der Waals surface area contributed by atoms with Gasteiger partial charge in [-0.3, -0.25) is 0 Å². The standard InChI is InChI=1S/C12H24N4/c1-4-5-10-16-11-8-14-12(16)13-7-6-9-15(2)3/h8,11H,4-7,9-10H2,1-3H3,(H,13,14). The number of nitrogens with zero attached hydrogens (tertiary/aromatic N) is 3.